The zero-order valence-electron chi connectivity index (χ0n) is 17.0. The third-order valence-electron chi connectivity index (χ3n) is 4.88. The number of ether oxygens (including phenoxy) is 1. The van der Waals surface area contributed by atoms with Crippen molar-refractivity contribution < 1.29 is 17.9 Å². The van der Waals surface area contributed by atoms with Crippen LogP contribution in [0.1, 0.15) is 21.5 Å². The Hall–Kier alpha value is -3.71. The van der Waals surface area contributed by atoms with Crippen molar-refractivity contribution in [3.05, 3.63) is 101 Å². The number of hydrogen-bond acceptors (Lipinski definition) is 5. The lowest BCUT2D eigenvalue weighted by atomic mass is 9.92. The van der Waals surface area contributed by atoms with E-state index in [2.05, 4.69) is 9.71 Å². The first-order valence-electron chi connectivity index (χ1n) is 9.56. The van der Waals surface area contributed by atoms with Crippen molar-refractivity contribution in [1.82, 2.24) is 0 Å². The number of methoxy groups -OCH3 is 1. The Labute approximate surface area is 181 Å². The quantitative estimate of drug-likeness (QED) is 0.647. The van der Waals surface area contributed by atoms with Crippen molar-refractivity contribution in [3.63, 3.8) is 0 Å². The van der Waals surface area contributed by atoms with Gasteiger partial charge in [0.1, 0.15) is 5.75 Å². The van der Waals surface area contributed by atoms with E-state index in [1.54, 1.807) is 67.8 Å². The second-order valence-corrected chi connectivity index (χ2v) is 8.65. The van der Waals surface area contributed by atoms with E-state index in [9.17, 15) is 13.2 Å². The molecule has 0 bridgehead atoms. The maximum absolute atomic E-state index is 13.0. The van der Waals surface area contributed by atoms with Crippen molar-refractivity contribution in [2.75, 3.05) is 12.4 Å². The molecule has 0 saturated carbocycles. The molecule has 6 nitrogen and oxygen atoms in total. The average molecular weight is 433 g/mol. The molecule has 0 fully saturated rings. The van der Waals surface area contributed by atoms with Crippen molar-refractivity contribution in [3.8, 4) is 5.75 Å². The highest BCUT2D eigenvalue weighted by Crippen LogP contribution is 2.26. The first-order valence-corrected chi connectivity index (χ1v) is 11.0. The van der Waals surface area contributed by atoms with Crippen molar-refractivity contribution in [2.45, 2.75) is 11.8 Å². The molecule has 0 unspecified atom stereocenters. The summed E-state index contributed by atoms with van der Waals surface area (Å²) in [7, 11) is -2.38. The van der Waals surface area contributed by atoms with Crippen LogP contribution in [0, 0.1) is 6.92 Å². The van der Waals surface area contributed by atoms with E-state index in [0.717, 1.165) is 5.56 Å². The van der Waals surface area contributed by atoms with Crippen molar-refractivity contribution in [2.24, 2.45) is 4.40 Å². The lowest BCUT2D eigenvalue weighted by molar-refractivity contribution is 0.103. The summed E-state index contributed by atoms with van der Waals surface area (Å²) in [6.45, 7) is 1.88. The molecule has 156 valence electrons. The van der Waals surface area contributed by atoms with Crippen LogP contribution in [-0.4, -0.2) is 27.0 Å². The Morgan fingerprint density at radius 1 is 0.871 bits per heavy atom. The second kappa shape index (κ2) is 8.20. The van der Waals surface area contributed by atoms with Gasteiger partial charge in [0, 0.05) is 16.8 Å². The number of anilines is 1. The molecule has 1 N–H and O–H groups in total. The molecule has 0 aromatic heterocycles. The molecule has 4 rings (SSSR count). The first-order chi connectivity index (χ1) is 14.9. The number of sulfonamides is 1. The first kappa shape index (κ1) is 20.6. The molecule has 0 radical (unpaired) electrons. The smallest absolute Gasteiger partial charge is 0.282 e. The molecule has 0 spiro atoms. The lowest BCUT2D eigenvalue weighted by Crippen LogP contribution is -2.22. The molecule has 31 heavy (non-hydrogen) atoms. The number of allylic oxidation sites excluding steroid dienone is 2. The van der Waals surface area contributed by atoms with Gasteiger partial charge in [-0.3, -0.25) is 4.79 Å². The summed E-state index contributed by atoms with van der Waals surface area (Å²) in [6, 6.07) is 20.4. The highest BCUT2D eigenvalue weighted by molar-refractivity contribution is 7.90. The fraction of sp³-hybridized carbons (Fsp3) is 0.0833. The summed E-state index contributed by atoms with van der Waals surface area (Å²) in [4.78, 5) is 13.1. The van der Waals surface area contributed by atoms with E-state index in [4.69, 9.17) is 4.74 Å². The number of nitrogens with zero attached hydrogens (tertiary/aromatic N) is 1. The molecule has 7 heteroatoms. The maximum Gasteiger partial charge on any atom is 0.282 e. The van der Waals surface area contributed by atoms with Gasteiger partial charge in [0.05, 0.1) is 23.4 Å². The van der Waals surface area contributed by atoms with Crippen LogP contribution in [0.25, 0.3) is 0 Å². The van der Waals surface area contributed by atoms with E-state index >= 15 is 0 Å². The van der Waals surface area contributed by atoms with Crippen LogP contribution >= 0.6 is 0 Å². The predicted molar refractivity (Wildman–Crippen MR) is 120 cm³/mol. The van der Waals surface area contributed by atoms with E-state index in [1.165, 1.54) is 18.2 Å². The molecule has 3 aromatic carbocycles. The van der Waals surface area contributed by atoms with Crippen LogP contribution in [0.15, 0.2) is 93.9 Å². The molecule has 0 heterocycles. The Morgan fingerprint density at radius 3 is 2.16 bits per heavy atom. The molecular weight excluding hydrogens is 412 g/mol. The normalized spacial score (nSPS) is 14.7. The predicted octanol–water partition coefficient (Wildman–Crippen LogP) is 4.37. The fourth-order valence-electron chi connectivity index (χ4n) is 3.22. The van der Waals surface area contributed by atoms with Gasteiger partial charge in [0.2, 0.25) is 5.78 Å². The largest absolute Gasteiger partial charge is 0.497 e. The van der Waals surface area contributed by atoms with E-state index in [-0.39, 0.29) is 22.1 Å². The highest BCUT2D eigenvalue weighted by Gasteiger charge is 2.26. The number of nitrogens with one attached hydrogen (secondary N) is 1. The lowest BCUT2D eigenvalue weighted by Gasteiger charge is -2.19. The summed E-state index contributed by atoms with van der Waals surface area (Å²) >= 11 is 0. The van der Waals surface area contributed by atoms with E-state index < -0.39 is 10.0 Å². The number of aryl methyl sites for hydroxylation is 1. The van der Waals surface area contributed by atoms with Gasteiger partial charge in [-0.25, -0.2) is 0 Å². The van der Waals surface area contributed by atoms with E-state index in [0.29, 0.717) is 22.6 Å². The zero-order valence-corrected chi connectivity index (χ0v) is 17.8. The number of carbonyl (C=O) groups excluding carboxylic acids is 1. The van der Waals surface area contributed by atoms with Crippen LogP contribution in [0.3, 0.4) is 0 Å². The molecule has 0 amide bonds. The van der Waals surface area contributed by atoms with Gasteiger partial charge in [-0.05, 0) is 49.4 Å². The number of hydrogen-bond donors (Lipinski definition) is 1. The van der Waals surface area contributed by atoms with Crippen LogP contribution in [0.5, 0.6) is 5.75 Å². The number of rotatable bonds is 5. The van der Waals surface area contributed by atoms with Crippen LogP contribution in [-0.2, 0) is 10.0 Å². The van der Waals surface area contributed by atoms with Crippen molar-refractivity contribution >= 4 is 27.2 Å². The fourth-order valence-corrected chi connectivity index (χ4v) is 4.22. The standard InChI is InChI=1S/C24H20N2O4S/c1-16-7-13-19(14-8-16)31(28,29)26-22-15-23(24(27)21-6-4-3-5-20(21)22)25-17-9-11-18(30-2)12-10-17/h3-15,25H,1-2H3/b26-22-. The molecule has 3 aromatic rings. The summed E-state index contributed by atoms with van der Waals surface area (Å²) in [6.07, 6.45) is 1.47. The van der Waals surface area contributed by atoms with Crippen molar-refractivity contribution in [1.29, 1.82) is 0 Å². The third-order valence-corrected chi connectivity index (χ3v) is 6.18. The summed E-state index contributed by atoms with van der Waals surface area (Å²) in [5.74, 6) is 0.449. The molecule has 1 aliphatic carbocycles. The van der Waals surface area contributed by atoms with Gasteiger partial charge in [-0.15, -0.1) is 0 Å². The topological polar surface area (TPSA) is 84.8 Å². The molecule has 1 aliphatic rings. The summed E-state index contributed by atoms with van der Waals surface area (Å²) in [5, 5.41) is 3.07. The Bertz CT molecular complexity index is 1310. The maximum atomic E-state index is 13.0. The minimum Gasteiger partial charge on any atom is -0.497 e. The summed E-state index contributed by atoms with van der Waals surface area (Å²) < 4.78 is 35.0. The SMILES string of the molecule is COc1ccc(NC2=C/C(=N/S(=O)(=O)c3ccc(C)cc3)c3ccccc3C2=O)cc1. The summed E-state index contributed by atoms with van der Waals surface area (Å²) in [5.41, 5.74) is 2.92. The van der Waals surface area contributed by atoms with Gasteiger partial charge in [-0.1, -0.05) is 42.0 Å². The Morgan fingerprint density at radius 2 is 1.52 bits per heavy atom. The Balaban J connectivity index is 1.77. The Kier molecular flexibility index (Phi) is 5.44. The average Bonchev–Trinajstić information content (AvgIpc) is 2.77. The second-order valence-electron chi connectivity index (χ2n) is 7.05. The van der Waals surface area contributed by atoms with Crippen LogP contribution in [0.4, 0.5) is 5.69 Å². The highest BCUT2D eigenvalue weighted by atomic mass is 32.2. The number of fused-ring (bicyclic) bond motifs is 1. The monoisotopic (exact) mass is 432 g/mol. The van der Waals surface area contributed by atoms with Gasteiger partial charge in [0.15, 0.2) is 0 Å². The molecule has 0 aliphatic heterocycles. The number of carbonyl (C=O) groups is 1. The minimum absolute atomic E-state index is 0.0954. The van der Waals surface area contributed by atoms with Gasteiger partial charge in [-0.2, -0.15) is 12.8 Å². The zero-order chi connectivity index (χ0) is 22.0. The molecular formula is C24H20N2O4S. The van der Waals surface area contributed by atoms with Crippen LogP contribution < -0.4 is 10.1 Å². The van der Waals surface area contributed by atoms with Gasteiger partial charge >= 0.3 is 0 Å². The third kappa shape index (κ3) is 4.27. The number of Topliss-reactive ketones (excluding diaryl/α,β-unsaturated/α-hetero) is 1. The number of ketones is 1. The molecule has 0 atom stereocenters. The number of benzene rings is 3. The van der Waals surface area contributed by atoms with Gasteiger partial charge in [0.25, 0.3) is 10.0 Å². The molecule has 0 saturated heterocycles. The van der Waals surface area contributed by atoms with E-state index in [1.807, 2.05) is 6.92 Å². The minimum atomic E-state index is -3.95. The van der Waals surface area contributed by atoms with Crippen LogP contribution in [0.2, 0.25) is 0 Å². The van der Waals surface area contributed by atoms with Gasteiger partial charge < -0.3 is 10.1 Å².